The second kappa shape index (κ2) is 7.30. The lowest BCUT2D eigenvalue weighted by Crippen LogP contribution is -2.37. The minimum Gasteiger partial charge on any atom is -0.312 e. The number of rotatable bonds is 4. The quantitative estimate of drug-likeness (QED) is 0.897. The summed E-state index contributed by atoms with van der Waals surface area (Å²) in [5, 5.41) is 2.89. The van der Waals surface area contributed by atoms with Gasteiger partial charge in [-0.2, -0.15) is 0 Å². The molecule has 0 bridgehead atoms. The summed E-state index contributed by atoms with van der Waals surface area (Å²) >= 11 is 0. The van der Waals surface area contributed by atoms with E-state index < -0.39 is 0 Å². The van der Waals surface area contributed by atoms with Gasteiger partial charge in [-0.25, -0.2) is 0 Å². The lowest BCUT2D eigenvalue weighted by molar-refractivity contribution is -0.117. The van der Waals surface area contributed by atoms with Crippen LogP contribution < -0.4 is 10.2 Å². The predicted molar refractivity (Wildman–Crippen MR) is 75.1 cm³/mol. The minimum absolute atomic E-state index is 0. The lowest BCUT2D eigenvalue weighted by Gasteiger charge is -2.22. The van der Waals surface area contributed by atoms with E-state index in [0.717, 1.165) is 5.69 Å². The van der Waals surface area contributed by atoms with E-state index >= 15 is 0 Å². The summed E-state index contributed by atoms with van der Waals surface area (Å²) in [7, 11) is 1.78. The van der Waals surface area contributed by atoms with Crippen LogP contribution in [0.2, 0.25) is 0 Å². The second-order valence-electron chi connectivity index (χ2n) is 4.01. The number of anilines is 1. The van der Waals surface area contributed by atoms with E-state index in [0.29, 0.717) is 13.1 Å². The SMILES string of the molecule is CCN(C(=O)CNC)c1cc(C)cc(C)c1.Cl. The van der Waals surface area contributed by atoms with Gasteiger partial charge in [0.05, 0.1) is 6.54 Å². The molecule has 1 N–H and O–H groups in total. The maximum Gasteiger partial charge on any atom is 0.240 e. The molecular weight excluding hydrogens is 236 g/mol. The first-order valence-electron chi connectivity index (χ1n) is 5.61. The molecule has 1 aromatic carbocycles. The van der Waals surface area contributed by atoms with Crippen LogP contribution in [0.5, 0.6) is 0 Å². The maximum atomic E-state index is 11.9. The molecule has 0 radical (unpaired) electrons. The van der Waals surface area contributed by atoms with Crippen molar-refractivity contribution in [2.75, 3.05) is 25.0 Å². The monoisotopic (exact) mass is 256 g/mol. The number of aryl methyl sites for hydroxylation is 2. The van der Waals surface area contributed by atoms with Crippen molar-refractivity contribution in [3.8, 4) is 0 Å². The number of carbonyl (C=O) groups is 1. The standard InChI is InChI=1S/C13H20N2O.ClH/c1-5-15(13(16)9-14-4)12-7-10(2)6-11(3)8-12;/h6-8,14H,5,9H2,1-4H3;1H. The Labute approximate surface area is 110 Å². The number of halogens is 1. The van der Waals surface area contributed by atoms with E-state index in [1.54, 1.807) is 11.9 Å². The van der Waals surface area contributed by atoms with Gasteiger partial charge in [0.1, 0.15) is 0 Å². The van der Waals surface area contributed by atoms with Crippen molar-refractivity contribution < 1.29 is 4.79 Å². The van der Waals surface area contributed by atoms with Crippen LogP contribution in [0.25, 0.3) is 0 Å². The summed E-state index contributed by atoms with van der Waals surface area (Å²) < 4.78 is 0. The summed E-state index contributed by atoms with van der Waals surface area (Å²) in [6.45, 7) is 7.16. The van der Waals surface area contributed by atoms with Crippen LogP contribution in [-0.4, -0.2) is 26.0 Å². The van der Waals surface area contributed by atoms with Gasteiger partial charge >= 0.3 is 0 Å². The molecule has 0 fully saturated rings. The lowest BCUT2D eigenvalue weighted by atomic mass is 10.1. The molecule has 0 aromatic heterocycles. The van der Waals surface area contributed by atoms with Crippen molar-refractivity contribution in [1.82, 2.24) is 5.32 Å². The molecule has 1 amide bonds. The average molecular weight is 257 g/mol. The molecule has 17 heavy (non-hydrogen) atoms. The van der Waals surface area contributed by atoms with Crippen molar-refractivity contribution in [1.29, 1.82) is 0 Å². The first-order valence-corrected chi connectivity index (χ1v) is 5.61. The third kappa shape index (κ3) is 4.36. The van der Waals surface area contributed by atoms with Gasteiger partial charge in [0.15, 0.2) is 0 Å². The van der Waals surface area contributed by atoms with Gasteiger partial charge in [-0.05, 0) is 51.1 Å². The van der Waals surface area contributed by atoms with Gasteiger partial charge in [-0.15, -0.1) is 12.4 Å². The van der Waals surface area contributed by atoms with Crippen LogP contribution in [-0.2, 0) is 4.79 Å². The van der Waals surface area contributed by atoms with Gasteiger partial charge in [0.25, 0.3) is 0 Å². The Morgan fingerprint density at radius 1 is 1.24 bits per heavy atom. The molecule has 0 saturated heterocycles. The second-order valence-corrected chi connectivity index (χ2v) is 4.01. The molecule has 1 rings (SSSR count). The van der Waals surface area contributed by atoms with Gasteiger partial charge < -0.3 is 10.2 Å². The number of nitrogens with one attached hydrogen (secondary N) is 1. The highest BCUT2D eigenvalue weighted by molar-refractivity contribution is 5.94. The normalized spacial score (nSPS) is 9.65. The Morgan fingerprint density at radius 3 is 2.18 bits per heavy atom. The van der Waals surface area contributed by atoms with E-state index in [9.17, 15) is 4.79 Å². The molecule has 96 valence electrons. The van der Waals surface area contributed by atoms with Crippen LogP contribution >= 0.6 is 12.4 Å². The Balaban J connectivity index is 0.00000256. The molecule has 0 aliphatic heterocycles. The van der Waals surface area contributed by atoms with Gasteiger partial charge in [-0.3, -0.25) is 4.79 Å². The van der Waals surface area contributed by atoms with Crippen LogP contribution in [0.1, 0.15) is 18.1 Å². The van der Waals surface area contributed by atoms with Crippen LogP contribution in [0, 0.1) is 13.8 Å². The number of carbonyl (C=O) groups excluding carboxylic acids is 1. The fourth-order valence-electron chi connectivity index (χ4n) is 1.86. The smallest absolute Gasteiger partial charge is 0.240 e. The van der Waals surface area contributed by atoms with Crippen LogP contribution in [0.3, 0.4) is 0 Å². The summed E-state index contributed by atoms with van der Waals surface area (Å²) in [4.78, 5) is 13.7. The highest BCUT2D eigenvalue weighted by Gasteiger charge is 2.13. The molecule has 4 heteroatoms. The molecule has 0 heterocycles. The van der Waals surface area contributed by atoms with E-state index in [2.05, 4.69) is 11.4 Å². The van der Waals surface area contributed by atoms with Crippen LogP contribution in [0.4, 0.5) is 5.69 Å². The third-order valence-corrected chi connectivity index (χ3v) is 2.46. The summed E-state index contributed by atoms with van der Waals surface area (Å²) in [6, 6.07) is 6.20. The largest absolute Gasteiger partial charge is 0.312 e. The van der Waals surface area contributed by atoms with Crippen molar-refractivity contribution in [2.45, 2.75) is 20.8 Å². The maximum absolute atomic E-state index is 11.9. The molecule has 0 saturated carbocycles. The molecule has 0 aliphatic rings. The molecule has 0 spiro atoms. The number of nitrogens with zero attached hydrogens (tertiary/aromatic N) is 1. The highest BCUT2D eigenvalue weighted by Crippen LogP contribution is 2.18. The first-order chi connectivity index (χ1) is 7.58. The van der Waals surface area contributed by atoms with Crippen LogP contribution in [0.15, 0.2) is 18.2 Å². The fraction of sp³-hybridized carbons (Fsp3) is 0.462. The first kappa shape index (κ1) is 15.9. The van der Waals surface area contributed by atoms with E-state index in [1.807, 2.05) is 32.9 Å². The summed E-state index contributed by atoms with van der Waals surface area (Å²) in [5.41, 5.74) is 3.36. The fourth-order valence-corrected chi connectivity index (χ4v) is 1.86. The van der Waals surface area contributed by atoms with Crippen molar-refractivity contribution in [3.63, 3.8) is 0 Å². The topological polar surface area (TPSA) is 32.3 Å². The molecule has 0 atom stereocenters. The Morgan fingerprint density at radius 2 is 1.76 bits per heavy atom. The average Bonchev–Trinajstić information content (AvgIpc) is 2.17. The van der Waals surface area contributed by atoms with Gasteiger partial charge in [0, 0.05) is 12.2 Å². The number of likely N-dealkylation sites (N-methyl/N-ethyl adjacent to an activating group) is 2. The molecule has 3 nitrogen and oxygen atoms in total. The van der Waals surface area contributed by atoms with Crippen molar-refractivity contribution in [3.05, 3.63) is 29.3 Å². The van der Waals surface area contributed by atoms with E-state index in [1.165, 1.54) is 11.1 Å². The zero-order valence-corrected chi connectivity index (χ0v) is 11.7. The molecular formula is C13H21ClN2O. The molecule has 1 aromatic rings. The van der Waals surface area contributed by atoms with E-state index in [4.69, 9.17) is 0 Å². The zero-order valence-electron chi connectivity index (χ0n) is 10.9. The molecule has 0 unspecified atom stereocenters. The number of benzene rings is 1. The molecule has 0 aliphatic carbocycles. The summed E-state index contributed by atoms with van der Waals surface area (Å²) in [6.07, 6.45) is 0. The third-order valence-electron chi connectivity index (χ3n) is 2.46. The predicted octanol–water partition coefficient (Wildman–Crippen LogP) is 2.30. The Hall–Kier alpha value is -1.06. The zero-order chi connectivity index (χ0) is 12.1. The number of hydrogen-bond acceptors (Lipinski definition) is 2. The Bertz CT molecular complexity index is 359. The number of hydrogen-bond donors (Lipinski definition) is 1. The number of amides is 1. The minimum atomic E-state index is 0. The van der Waals surface area contributed by atoms with Crippen molar-refractivity contribution >= 4 is 24.0 Å². The summed E-state index contributed by atoms with van der Waals surface area (Å²) in [5.74, 6) is 0.106. The van der Waals surface area contributed by atoms with Crippen molar-refractivity contribution in [2.24, 2.45) is 0 Å². The van der Waals surface area contributed by atoms with Gasteiger partial charge in [0.2, 0.25) is 5.91 Å². The van der Waals surface area contributed by atoms with E-state index in [-0.39, 0.29) is 18.3 Å². The highest BCUT2D eigenvalue weighted by atomic mass is 35.5. The Kier molecular flexibility index (Phi) is 6.85. The van der Waals surface area contributed by atoms with Gasteiger partial charge in [-0.1, -0.05) is 6.07 Å².